The second-order valence-electron chi connectivity index (χ2n) is 7.34. The molecular formula is C24H18FN7O2. The summed E-state index contributed by atoms with van der Waals surface area (Å²) in [6.45, 7) is 0.195. The number of carbonyl (C=O) groups is 1. The van der Waals surface area contributed by atoms with Gasteiger partial charge in [0.25, 0.3) is 5.91 Å². The fourth-order valence-corrected chi connectivity index (χ4v) is 3.38. The molecule has 0 fully saturated rings. The monoisotopic (exact) mass is 455 g/mol. The number of nitrogens with one attached hydrogen (secondary N) is 1. The maximum Gasteiger partial charge on any atom is 0.274 e. The summed E-state index contributed by atoms with van der Waals surface area (Å²) in [5.41, 5.74) is 8.95. The number of aromatic nitrogens is 5. The number of nitrogen functional groups attached to an aromatic ring is 1. The Hall–Kier alpha value is -4.86. The number of hydrogen-bond donors (Lipinski definition) is 2. The molecule has 3 N–H and O–H groups in total. The van der Waals surface area contributed by atoms with Crippen LogP contribution in [0.25, 0.3) is 22.8 Å². The van der Waals surface area contributed by atoms with Gasteiger partial charge in [-0.3, -0.25) is 14.5 Å². The number of halogens is 1. The van der Waals surface area contributed by atoms with Gasteiger partial charge in [-0.2, -0.15) is 5.10 Å². The Morgan fingerprint density at radius 1 is 1.12 bits per heavy atom. The number of benzene rings is 1. The molecule has 0 saturated carbocycles. The number of anilines is 2. The molecule has 5 aromatic rings. The molecule has 1 aromatic carbocycles. The third-order valence-corrected chi connectivity index (χ3v) is 5.07. The molecule has 4 aromatic heterocycles. The van der Waals surface area contributed by atoms with Crippen LogP contribution in [0, 0.1) is 5.82 Å². The highest BCUT2D eigenvalue weighted by molar-refractivity contribution is 6.04. The van der Waals surface area contributed by atoms with Gasteiger partial charge in [-0.1, -0.05) is 24.3 Å². The van der Waals surface area contributed by atoms with Gasteiger partial charge >= 0.3 is 0 Å². The molecule has 0 atom stereocenters. The zero-order valence-corrected chi connectivity index (χ0v) is 17.7. The normalized spacial score (nSPS) is 10.9. The summed E-state index contributed by atoms with van der Waals surface area (Å²) in [6.07, 6.45) is 6.05. The standard InChI is InChI=1S/C24H18FN7O2/c25-17-6-2-1-5-15(17)13-32-21(16-8-10-34-14-16)11-19(31-32)23-28-12-20(22(26)30-23)29-24(33)18-7-3-4-9-27-18/h1-12,14H,13H2,(H,29,33)(H2,26,28,30). The smallest absolute Gasteiger partial charge is 0.274 e. The zero-order valence-electron chi connectivity index (χ0n) is 17.7. The van der Waals surface area contributed by atoms with Crippen LogP contribution in [0.5, 0.6) is 0 Å². The van der Waals surface area contributed by atoms with E-state index in [2.05, 4.69) is 25.4 Å². The topological polar surface area (TPSA) is 125 Å². The van der Waals surface area contributed by atoms with Crippen molar-refractivity contribution in [2.45, 2.75) is 6.54 Å². The van der Waals surface area contributed by atoms with Gasteiger partial charge in [0.05, 0.1) is 31.0 Å². The van der Waals surface area contributed by atoms with E-state index in [0.29, 0.717) is 17.0 Å². The van der Waals surface area contributed by atoms with Crippen LogP contribution in [-0.2, 0) is 6.54 Å². The summed E-state index contributed by atoms with van der Waals surface area (Å²) in [5, 5.41) is 7.23. The van der Waals surface area contributed by atoms with Crippen molar-refractivity contribution in [1.82, 2.24) is 24.7 Å². The van der Waals surface area contributed by atoms with Gasteiger partial charge in [-0.15, -0.1) is 0 Å². The highest BCUT2D eigenvalue weighted by atomic mass is 19.1. The largest absolute Gasteiger partial charge is 0.472 e. The van der Waals surface area contributed by atoms with Crippen LogP contribution in [0.2, 0.25) is 0 Å². The van der Waals surface area contributed by atoms with E-state index in [4.69, 9.17) is 10.2 Å². The molecule has 10 heteroatoms. The van der Waals surface area contributed by atoms with Gasteiger partial charge in [0.2, 0.25) is 0 Å². The van der Waals surface area contributed by atoms with Crippen LogP contribution < -0.4 is 11.1 Å². The SMILES string of the molecule is Nc1nc(-c2cc(-c3ccoc3)n(Cc3ccccc3F)n2)ncc1NC(=O)c1ccccn1. The number of rotatable bonds is 6. The average Bonchev–Trinajstić information content (AvgIpc) is 3.52. The van der Waals surface area contributed by atoms with E-state index < -0.39 is 5.91 Å². The Kier molecular flexibility index (Phi) is 5.53. The molecule has 9 nitrogen and oxygen atoms in total. The third kappa shape index (κ3) is 4.24. The first kappa shape index (κ1) is 21.0. The Bertz CT molecular complexity index is 1450. The second kappa shape index (κ2) is 8.94. The summed E-state index contributed by atoms with van der Waals surface area (Å²) in [6, 6.07) is 15.1. The molecule has 0 aliphatic carbocycles. The Balaban J connectivity index is 1.46. The summed E-state index contributed by atoms with van der Waals surface area (Å²) >= 11 is 0. The highest BCUT2D eigenvalue weighted by Crippen LogP contribution is 2.27. The average molecular weight is 455 g/mol. The van der Waals surface area contributed by atoms with Crippen molar-refractivity contribution in [1.29, 1.82) is 0 Å². The molecule has 0 bridgehead atoms. The lowest BCUT2D eigenvalue weighted by atomic mass is 10.2. The van der Waals surface area contributed by atoms with E-state index >= 15 is 0 Å². The molecule has 1 amide bonds. The maximum absolute atomic E-state index is 14.3. The lowest BCUT2D eigenvalue weighted by Gasteiger charge is -2.08. The predicted octanol–water partition coefficient (Wildman–Crippen LogP) is 4.02. The van der Waals surface area contributed by atoms with Crippen molar-refractivity contribution in [3.05, 3.63) is 96.6 Å². The molecule has 0 unspecified atom stereocenters. The summed E-state index contributed by atoms with van der Waals surface area (Å²) in [5.74, 6) is -0.431. The number of amides is 1. The lowest BCUT2D eigenvalue weighted by molar-refractivity contribution is 0.102. The van der Waals surface area contributed by atoms with Crippen molar-refractivity contribution < 1.29 is 13.6 Å². The van der Waals surface area contributed by atoms with Gasteiger partial charge in [-0.25, -0.2) is 14.4 Å². The second-order valence-corrected chi connectivity index (χ2v) is 7.34. The van der Waals surface area contributed by atoms with Crippen LogP contribution in [0.1, 0.15) is 16.1 Å². The van der Waals surface area contributed by atoms with E-state index in [1.165, 1.54) is 18.5 Å². The fourth-order valence-electron chi connectivity index (χ4n) is 3.38. The Morgan fingerprint density at radius 3 is 2.71 bits per heavy atom. The van der Waals surface area contributed by atoms with E-state index in [-0.39, 0.29) is 35.4 Å². The van der Waals surface area contributed by atoms with E-state index in [9.17, 15) is 9.18 Å². The number of nitrogens with zero attached hydrogens (tertiary/aromatic N) is 5. The first-order valence-corrected chi connectivity index (χ1v) is 10.3. The van der Waals surface area contributed by atoms with E-state index in [0.717, 1.165) is 5.56 Å². The summed E-state index contributed by atoms with van der Waals surface area (Å²) in [7, 11) is 0. The Labute approximate surface area is 193 Å². The quantitative estimate of drug-likeness (QED) is 0.396. The minimum Gasteiger partial charge on any atom is -0.472 e. The van der Waals surface area contributed by atoms with E-state index in [1.54, 1.807) is 65.7 Å². The van der Waals surface area contributed by atoms with Crippen molar-refractivity contribution in [2.24, 2.45) is 0 Å². The first-order valence-electron chi connectivity index (χ1n) is 10.3. The molecular weight excluding hydrogens is 437 g/mol. The van der Waals surface area contributed by atoms with Crippen LogP contribution >= 0.6 is 0 Å². The van der Waals surface area contributed by atoms with Gasteiger partial charge in [-0.05, 0) is 30.3 Å². The van der Waals surface area contributed by atoms with Gasteiger partial charge in [0.1, 0.15) is 22.9 Å². The van der Waals surface area contributed by atoms with Crippen LogP contribution in [0.4, 0.5) is 15.9 Å². The number of carbonyl (C=O) groups excluding carboxylic acids is 1. The Morgan fingerprint density at radius 2 is 1.97 bits per heavy atom. The number of nitrogens with two attached hydrogens (primary N) is 1. The molecule has 34 heavy (non-hydrogen) atoms. The maximum atomic E-state index is 14.3. The molecule has 5 rings (SSSR count). The fraction of sp³-hybridized carbons (Fsp3) is 0.0417. The van der Waals surface area contributed by atoms with Crippen molar-refractivity contribution in [3.63, 3.8) is 0 Å². The molecule has 0 aliphatic heterocycles. The number of furan rings is 1. The number of hydrogen-bond acceptors (Lipinski definition) is 7. The molecule has 4 heterocycles. The first-order chi connectivity index (χ1) is 16.6. The number of pyridine rings is 1. The van der Waals surface area contributed by atoms with Gasteiger partial charge in [0.15, 0.2) is 11.6 Å². The molecule has 0 spiro atoms. The third-order valence-electron chi connectivity index (χ3n) is 5.07. The zero-order chi connectivity index (χ0) is 23.5. The van der Waals surface area contributed by atoms with Crippen molar-refractivity contribution in [3.8, 4) is 22.8 Å². The van der Waals surface area contributed by atoms with Crippen LogP contribution in [0.3, 0.4) is 0 Å². The molecule has 0 radical (unpaired) electrons. The van der Waals surface area contributed by atoms with Crippen LogP contribution in [-0.4, -0.2) is 30.6 Å². The molecule has 0 saturated heterocycles. The minimum atomic E-state index is -0.431. The highest BCUT2D eigenvalue weighted by Gasteiger charge is 2.17. The van der Waals surface area contributed by atoms with Crippen molar-refractivity contribution in [2.75, 3.05) is 11.1 Å². The van der Waals surface area contributed by atoms with E-state index in [1.807, 2.05) is 0 Å². The van der Waals surface area contributed by atoms with Crippen LogP contribution in [0.15, 0.2) is 83.9 Å². The molecule has 0 aliphatic rings. The summed E-state index contributed by atoms with van der Waals surface area (Å²) in [4.78, 5) is 25.0. The lowest BCUT2D eigenvalue weighted by Crippen LogP contribution is -2.15. The van der Waals surface area contributed by atoms with Gasteiger partial charge in [0, 0.05) is 17.3 Å². The van der Waals surface area contributed by atoms with Crippen molar-refractivity contribution >= 4 is 17.4 Å². The molecule has 168 valence electrons. The van der Waals surface area contributed by atoms with Gasteiger partial charge < -0.3 is 15.5 Å². The predicted molar refractivity (Wildman–Crippen MR) is 123 cm³/mol. The minimum absolute atomic E-state index is 0.0720. The summed E-state index contributed by atoms with van der Waals surface area (Å²) < 4.78 is 21.1.